The standard InChI is InChI=1S/C24H33NO4/c1-18(19-12-8-6-9-13-19)25-21(16-22(26)29-24(2,3)4)23(28-17-27-5)20-14-10-7-11-15-20/h6-15,18,21,23,25H,16-17H2,1-5H3/t18-,21+,23+/m1/s1. The van der Waals surface area contributed by atoms with E-state index in [4.69, 9.17) is 14.2 Å². The summed E-state index contributed by atoms with van der Waals surface area (Å²) in [6.07, 6.45) is -0.188. The molecule has 0 saturated carbocycles. The number of carbonyl (C=O) groups is 1. The van der Waals surface area contributed by atoms with Crippen LogP contribution in [0.15, 0.2) is 60.7 Å². The summed E-state index contributed by atoms with van der Waals surface area (Å²) >= 11 is 0. The highest BCUT2D eigenvalue weighted by atomic mass is 16.7. The molecule has 2 aromatic carbocycles. The Hall–Kier alpha value is -2.21. The summed E-state index contributed by atoms with van der Waals surface area (Å²) < 4.78 is 16.7. The number of methoxy groups -OCH3 is 1. The molecule has 0 aliphatic carbocycles. The molecule has 3 atom stereocenters. The summed E-state index contributed by atoms with van der Waals surface area (Å²) in [5.74, 6) is -0.266. The number of hydrogen-bond donors (Lipinski definition) is 1. The highest BCUT2D eigenvalue weighted by Crippen LogP contribution is 2.27. The van der Waals surface area contributed by atoms with Crippen LogP contribution in [0.1, 0.15) is 57.4 Å². The van der Waals surface area contributed by atoms with Crippen LogP contribution in [-0.2, 0) is 19.0 Å². The molecule has 158 valence electrons. The highest BCUT2D eigenvalue weighted by molar-refractivity contribution is 5.70. The number of benzene rings is 2. The Morgan fingerprint density at radius 1 is 0.966 bits per heavy atom. The van der Waals surface area contributed by atoms with Gasteiger partial charge in [-0.15, -0.1) is 0 Å². The zero-order valence-corrected chi connectivity index (χ0v) is 18.1. The van der Waals surface area contributed by atoms with E-state index in [9.17, 15) is 4.79 Å². The average molecular weight is 400 g/mol. The van der Waals surface area contributed by atoms with Gasteiger partial charge in [0.05, 0.1) is 6.42 Å². The first-order valence-corrected chi connectivity index (χ1v) is 9.98. The van der Waals surface area contributed by atoms with Gasteiger partial charge in [0.15, 0.2) is 0 Å². The molecule has 0 aliphatic heterocycles. The van der Waals surface area contributed by atoms with E-state index in [1.807, 2.05) is 69.3 Å². The Balaban J connectivity index is 2.28. The fraction of sp³-hybridized carbons (Fsp3) is 0.458. The largest absolute Gasteiger partial charge is 0.460 e. The maximum absolute atomic E-state index is 12.6. The summed E-state index contributed by atoms with van der Waals surface area (Å²) in [6.45, 7) is 7.82. The third-order valence-electron chi connectivity index (χ3n) is 4.43. The molecule has 0 radical (unpaired) electrons. The molecule has 29 heavy (non-hydrogen) atoms. The van der Waals surface area contributed by atoms with Gasteiger partial charge < -0.3 is 19.5 Å². The molecular weight excluding hydrogens is 366 g/mol. The maximum atomic E-state index is 12.6. The molecule has 0 heterocycles. The minimum Gasteiger partial charge on any atom is -0.460 e. The lowest BCUT2D eigenvalue weighted by molar-refractivity contribution is -0.157. The zero-order valence-electron chi connectivity index (χ0n) is 18.1. The van der Waals surface area contributed by atoms with Gasteiger partial charge in [0.2, 0.25) is 0 Å². The fourth-order valence-corrected chi connectivity index (χ4v) is 3.20. The van der Waals surface area contributed by atoms with Crippen LogP contribution >= 0.6 is 0 Å². The summed E-state index contributed by atoms with van der Waals surface area (Å²) in [5, 5.41) is 3.58. The molecular formula is C24H33NO4. The SMILES string of the molecule is COCO[C@@H](c1ccccc1)[C@H](CC(=O)OC(C)(C)C)N[C@H](C)c1ccccc1. The smallest absolute Gasteiger partial charge is 0.308 e. The van der Waals surface area contributed by atoms with Crippen LogP contribution in [0.4, 0.5) is 0 Å². The van der Waals surface area contributed by atoms with Gasteiger partial charge in [-0.1, -0.05) is 60.7 Å². The van der Waals surface area contributed by atoms with Crippen molar-refractivity contribution < 1.29 is 19.0 Å². The van der Waals surface area contributed by atoms with Crippen LogP contribution in [0, 0.1) is 0 Å². The second kappa shape index (κ2) is 11.1. The van der Waals surface area contributed by atoms with E-state index in [0.717, 1.165) is 11.1 Å². The minimum absolute atomic E-state index is 0.0287. The van der Waals surface area contributed by atoms with Crippen LogP contribution in [0.2, 0.25) is 0 Å². The summed E-state index contributed by atoms with van der Waals surface area (Å²) in [4.78, 5) is 12.6. The average Bonchev–Trinajstić information content (AvgIpc) is 2.68. The molecule has 0 fully saturated rings. The molecule has 5 nitrogen and oxygen atoms in total. The quantitative estimate of drug-likeness (QED) is 0.459. The maximum Gasteiger partial charge on any atom is 0.308 e. The Morgan fingerprint density at radius 3 is 2.03 bits per heavy atom. The Kier molecular flexibility index (Phi) is 8.83. The second-order valence-electron chi connectivity index (χ2n) is 8.10. The van der Waals surface area contributed by atoms with E-state index in [2.05, 4.69) is 24.4 Å². The molecule has 0 spiro atoms. The van der Waals surface area contributed by atoms with Crippen molar-refractivity contribution in [2.45, 2.75) is 57.9 Å². The molecule has 0 saturated heterocycles. The minimum atomic E-state index is -0.539. The van der Waals surface area contributed by atoms with Crippen molar-refractivity contribution in [2.75, 3.05) is 13.9 Å². The van der Waals surface area contributed by atoms with Crippen molar-refractivity contribution in [3.63, 3.8) is 0 Å². The normalized spacial score (nSPS) is 14.8. The van der Waals surface area contributed by atoms with Crippen LogP contribution in [0.5, 0.6) is 0 Å². The van der Waals surface area contributed by atoms with E-state index in [0.29, 0.717) is 0 Å². The van der Waals surface area contributed by atoms with E-state index >= 15 is 0 Å². The number of ether oxygens (including phenoxy) is 3. The number of carbonyl (C=O) groups excluding carboxylic acids is 1. The molecule has 5 heteroatoms. The third-order valence-corrected chi connectivity index (χ3v) is 4.43. The fourth-order valence-electron chi connectivity index (χ4n) is 3.20. The van der Waals surface area contributed by atoms with Crippen molar-refractivity contribution in [3.8, 4) is 0 Å². The van der Waals surface area contributed by atoms with Gasteiger partial charge in [0, 0.05) is 19.2 Å². The Bertz CT molecular complexity index is 728. The van der Waals surface area contributed by atoms with Crippen molar-refractivity contribution in [2.24, 2.45) is 0 Å². The molecule has 0 amide bonds. The van der Waals surface area contributed by atoms with Gasteiger partial charge in [-0.25, -0.2) is 0 Å². The van der Waals surface area contributed by atoms with Crippen LogP contribution in [0.3, 0.4) is 0 Å². The van der Waals surface area contributed by atoms with Gasteiger partial charge in [-0.2, -0.15) is 0 Å². The lowest BCUT2D eigenvalue weighted by atomic mass is 9.97. The van der Waals surface area contributed by atoms with Gasteiger partial charge in [-0.05, 0) is 38.8 Å². The molecule has 0 unspecified atom stereocenters. The molecule has 0 bridgehead atoms. The Morgan fingerprint density at radius 2 is 1.52 bits per heavy atom. The van der Waals surface area contributed by atoms with Gasteiger partial charge >= 0.3 is 5.97 Å². The first-order valence-electron chi connectivity index (χ1n) is 9.98. The molecule has 1 N–H and O–H groups in total. The molecule has 2 aromatic rings. The van der Waals surface area contributed by atoms with Crippen LogP contribution in [-0.4, -0.2) is 31.5 Å². The number of esters is 1. The molecule has 0 aromatic heterocycles. The summed E-state index contributed by atoms with van der Waals surface area (Å²) in [7, 11) is 1.59. The van der Waals surface area contributed by atoms with Gasteiger partial charge in [0.1, 0.15) is 18.5 Å². The first kappa shape index (κ1) is 23.1. The zero-order chi connectivity index (χ0) is 21.3. The van der Waals surface area contributed by atoms with E-state index in [1.165, 1.54) is 0 Å². The Labute approximate surface area is 174 Å². The summed E-state index contributed by atoms with van der Waals surface area (Å²) in [5.41, 5.74) is 1.58. The van der Waals surface area contributed by atoms with Crippen LogP contribution < -0.4 is 5.32 Å². The van der Waals surface area contributed by atoms with E-state index < -0.39 is 5.60 Å². The first-order chi connectivity index (χ1) is 13.8. The lowest BCUT2D eigenvalue weighted by Gasteiger charge is -2.31. The lowest BCUT2D eigenvalue weighted by Crippen LogP contribution is -2.41. The number of rotatable bonds is 10. The van der Waals surface area contributed by atoms with Crippen molar-refractivity contribution in [3.05, 3.63) is 71.8 Å². The topological polar surface area (TPSA) is 56.8 Å². The van der Waals surface area contributed by atoms with E-state index in [1.54, 1.807) is 7.11 Å². The third kappa shape index (κ3) is 7.97. The van der Waals surface area contributed by atoms with Gasteiger partial charge in [-0.3, -0.25) is 4.79 Å². The van der Waals surface area contributed by atoms with E-state index in [-0.39, 0.29) is 37.4 Å². The molecule has 2 rings (SSSR count). The van der Waals surface area contributed by atoms with Crippen molar-refractivity contribution in [1.82, 2.24) is 5.32 Å². The van der Waals surface area contributed by atoms with Gasteiger partial charge in [0.25, 0.3) is 0 Å². The number of nitrogens with one attached hydrogen (secondary N) is 1. The second-order valence-corrected chi connectivity index (χ2v) is 8.10. The predicted octanol–water partition coefficient (Wildman–Crippen LogP) is 4.80. The molecule has 0 aliphatic rings. The highest BCUT2D eigenvalue weighted by Gasteiger charge is 2.30. The van der Waals surface area contributed by atoms with Crippen LogP contribution in [0.25, 0.3) is 0 Å². The number of hydrogen-bond acceptors (Lipinski definition) is 5. The predicted molar refractivity (Wildman–Crippen MR) is 114 cm³/mol. The van der Waals surface area contributed by atoms with Crippen molar-refractivity contribution in [1.29, 1.82) is 0 Å². The summed E-state index contributed by atoms with van der Waals surface area (Å²) in [6, 6.07) is 19.7. The monoisotopic (exact) mass is 399 g/mol. The van der Waals surface area contributed by atoms with Crippen molar-refractivity contribution >= 4 is 5.97 Å².